The zero-order valence-electron chi connectivity index (χ0n) is 10.5. The predicted octanol–water partition coefficient (Wildman–Crippen LogP) is 3.23. The number of carbonyl (C=O) groups excluding carboxylic acids is 1. The van der Waals surface area contributed by atoms with Crippen molar-refractivity contribution in [3.05, 3.63) is 29.8 Å². The summed E-state index contributed by atoms with van der Waals surface area (Å²) >= 11 is 0. The fraction of sp³-hybridized carbons (Fsp3) is 0.500. The van der Waals surface area contributed by atoms with E-state index in [-0.39, 0.29) is 6.09 Å². The van der Waals surface area contributed by atoms with E-state index >= 15 is 0 Å². The Kier molecular flexibility index (Phi) is 3.67. The van der Waals surface area contributed by atoms with Crippen LogP contribution in [0.2, 0.25) is 0 Å². The number of piperidine rings is 1. The largest absolute Gasteiger partial charge is 0.415 e. The zero-order chi connectivity index (χ0) is 12.3. The van der Waals surface area contributed by atoms with Crippen LogP contribution in [-0.4, -0.2) is 24.1 Å². The number of hydrogen-bond acceptors (Lipinski definition) is 2. The van der Waals surface area contributed by atoms with Crippen molar-refractivity contribution in [2.75, 3.05) is 13.1 Å². The Bertz CT molecular complexity index is 378. The van der Waals surface area contributed by atoms with Crippen molar-refractivity contribution in [2.24, 2.45) is 5.92 Å². The number of carbonyl (C=O) groups is 1. The number of benzene rings is 1. The van der Waals surface area contributed by atoms with E-state index < -0.39 is 0 Å². The molecule has 1 fully saturated rings. The molecule has 17 heavy (non-hydrogen) atoms. The van der Waals surface area contributed by atoms with Crippen LogP contribution in [0.3, 0.4) is 0 Å². The third-order valence-corrected chi connectivity index (χ3v) is 3.27. The number of ether oxygens (including phenoxy) is 1. The van der Waals surface area contributed by atoms with Gasteiger partial charge in [0, 0.05) is 13.1 Å². The quantitative estimate of drug-likeness (QED) is 0.745. The van der Waals surface area contributed by atoms with Gasteiger partial charge in [-0.05, 0) is 37.8 Å². The van der Waals surface area contributed by atoms with Gasteiger partial charge in [-0.2, -0.15) is 0 Å². The molecule has 0 N–H and O–H groups in total. The van der Waals surface area contributed by atoms with Crippen molar-refractivity contribution >= 4 is 6.09 Å². The van der Waals surface area contributed by atoms with Gasteiger partial charge in [-0.1, -0.05) is 24.6 Å². The molecule has 1 saturated heterocycles. The number of nitrogens with zero attached hydrogens (tertiary/aromatic N) is 1. The lowest BCUT2D eigenvalue weighted by atomic mass is 10.00. The lowest BCUT2D eigenvalue weighted by Gasteiger charge is -2.29. The van der Waals surface area contributed by atoms with Gasteiger partial charge < -0.3 is 9.64 Å². The smallest absolute Gasteiger partial charge is 0.410 e. The van der Waals surface area contributed by atoms with Gasteiger partial charge in [0.05, 0.1) is 0 Å². The maximum atomic E-state index is 11.9. The highest BCUT2D eigenvalue weighted by Crippen LogP contribution is 2.18. The van der Waals surface area contributed by atoms with E-state index in [1.54, 1.807) is 4.90 Å². The van der Waals surface area contributed by atoms with Crippen LogP contribution in [0, 0.1) is 12.8 Å². The van der Waals surface area contributed by atoms with Crippen LogP contribution in [-0.2, 0) is 0 Å². The van der Waals surface area contributed by atoms with Crippen LogP contribution in [0.4, 0.5) is 4.79 Å². The number of likely N-dealkylation sites (tertiary alicyclic amines) is 1. The summed E-state index contributed by atoms with van der Waals surface area (Å²) in [6.07, 6.45) is 1.92. The number of rotatable bonds is 1. The summed E-state index contributed by atoms with van der Waals surface area (Å²) in [6, 6.07) is 7.56. The van der Waals surface area contributed by atoms with Crippen molar-refractivity contribution < 1.29 is 9.53 Å². The Morgan fingerprint density at radius 2 is 1.82 bits per heavy atom. The minimum absolute atomic E-state index is 0.222. The zero-order valence-corrected chi connectivity index (χ0v) is 10.5. The first kappa shape index (κ1) is 12.0. The Labute approximate surface area is 102 Å². The van der Waals surface area contributed by atoms with Gasteiger partial charge in [0.2, 0.25) is 0 Å². The molecule has 0 radical (unpaired) electrons. The molecule has 0 spiro atoms. The molecule has 0 bridgehead atoms. The fourth-order valence-corrected chi connectivity index (χ4v) is 1.96. The van der Waals surface area contributed by atoms with E-state index in [1.165, 1.54) is 0 Å². The summed E-state index contributed by atoms with van der Waals surface area (Å²) in [6.45, 7) is 5.86. The third-order valence-electron chi connectivity index (χ3n) is 3.27. The maximum Gasteiger partial charge on any atom is 0.415 e. The molecule has 3 heteroatoms. The summed E-state index contributed by atoms with van der Waals surface area (Å²) in [5.74, 6) is 1.35. The standard InChI is InChI=1S/C14H19NO2/c1-11-3-5-13(6-4-11)17-14(16)15-9-7-12(2)8-10-15/h3-6,12H,7-10H2,1-2H3. The molecule has 2 rings (SSSR count). The average Bonchev–Trinajstić information content (AvgIpc) is 2.33. The molecule has 1 aliphatic rings. The van der Waals surface area contributed by atoms with Crippen molar-refractivity contribution in [1.29, 1.82) is 0 Å². The van der Waals surface area contributed by atoms with Gasteiger partial charge in [-0.3, -0.25) is 0 Å². The van der Waals surface area contributed by atoms with Crippen LogP contribution in [0.25, 0.3) is 0 Å². The van der Waals surface area contributed by atoms with E-state index in [9.17, 15) is 4.79 Å². The van der Waals surface area contributed by atoms with Crippen molar-refractivity contribution in [1.82, 2.24) is 4.90 Å². The number of hydrogen-bond donors (Lipinski definition) is 0. The predicted molar refractivity (Wildman–Crippen MR) is 67.2 cm³/mol. The normalized spacial score (nSPS) is 16.9. The number of aryl methyl sites for hydroxylation is 1. The highest BCUT2D eigenvalue weighted by atomic mass is 16.6. The molecule has 0 unspecified atom stereocenters. The molecule has 92 valence electrons. The average molecular weight is 233 g/mol. The minimum atomic E-state index is -0.222. The monoisotopic (exact) mass is 233 g/mol. The van der Waals surface area contributed by atoms with Crippen LogP contribution in [0.1, 0.15) is 25.3 Å². The molecule has 0 aromatic heterocycles. The molecule has 1 aromatic rings. The Balaban J connectivity index is 1.90. The first-order valence-corrected chi connectivity index (χ1v) is 6.18. The minimum Gasteiger partial charge on any atom is -0.410 e. The Morgan fingerprint density at radius 3 is 2.41 bits per heavy atom. The van der Waals surface area contributed by atoms with E-state index in [1.807, 2.05) is 31.2 Å². The van der Waals surface area contributed by atoms with E-state index in [0.717, 1.165) is 37.4 Å². The summed E-state index contributed by atoms with van der Waals surface area (Å²) in [7, 11) is 0. The summed E-state index contributed by atoms with van der Waals surface area (Å²) < 4.78 is 5.33. The maximum absolute atomic E-state index is 11.9. The van der Waals surface area contributed by atoms with E-state index in [0.29, 0.717) is 5.75 Å². The van der Waals surface area contributed by atoms with Gasteiger partial charge in [-0.25, -0.2) is 4.79 Å². The van der Waals surface area contributed by atoms with Gasteiger partial charge in [-0.15, -0.1) is 0 Å². The van der Waals surface area contributed by atoms with Crippen LogP contribution in [0.15, 0.2) is 24.3 Å². The SMILES string of the molecule is Cc1ccc(OC(=O)N2CCC(C)CC2)cc1. The fourth-order valence-electron chi connectivity index (χ4n) is 1.96. The van der Waals surface area contributed by atoms with E-state index in [4.69, 9.17) is 4.74 Å². The molecule has 0 aliphatic carbocycles. The Hall–Kier alpha value is -1.51. The topological polar surface area (TPSA) is 29.5 Å². The summed E-state index contributed by atoms with van der Waals surface area (Å²) in [5, 5.41) is 0. The second kappa shape index (κ2) is 5.21. The van der Waals surface area contributed by atoms with Gasteiger partial charge >= 0.3 is 6.09 Å². The van der Waals surface area contributed by atoms with Crippen LogP contribution < -0.4 is 4.74 Å². The van der Waals surface area contributed by atoms with Crippen molar-refractivity contribution in [2.45, 2.75) is 26.7 Å². The first-order chi connectivity index (χ1) is 8.15. The summed E-state index contributed by atoms with van der Waals surface area (Å²) in [4.78, 5) is 13.7. The summed E-state index contributed by atoms with van der Waals surface area (Å²) in [5.41, 5.74) is 1.16. The highest BCUT2D eigenvalue weighted by molar-refractivity contribution is 5.70. The molecular weight excluding hydrogens is 214 g/mol. The lowest BCUT2D eigenvalue weighted by Crippen LogP contribution is -2.39. The van der Waals surface area contributed by atoms with Gasteiger partial charge in [0.15, 0.2) is 0 Å². The van der Waals surface area contributed by atoms with Crippen molar-refractivity contribution in [3.8, 4) is 5.75 Å². The molecule has 0 atom stereocenters. The molecule has 1 amide bonds. The molecule has 1 aromatic carbocycles. The van der Waals surface area contributed by atoms with Gasteiger partial charge in [0.1, 0.15) is 5.75 Å². The second-order valence-electron chi connectivity index (χ2n) is 4.85. The molecular formula is C14H19NO2. The Morgan fingerprint density at radius 1 is 1.24 bits per heavy atom. The molecule has 1 heterocycles. The molecule has 1 aliphatic heterocycles. The lowest BCUT2D eigenvalue weighted by molar-refractivity contribution is 0.133. The van der Waals surface area contributed by atoms with Crippen LogP contribution in [0.5, 0.6) is 5.75 Å². The van der Waals surface area contributed by atoms with E-state index in [2.05, 4.69) is 6.92 Å². The first-order valence-electron chi connectivity index (χ1n) is 6.18. The van der Waals surface area contributed by atoms with Crippen LogP contribution >= 0.6 is 0 Å². The van der Waals surface area contributed by atoms with Gasteiger partial charge in [0.25, 0.3) is 0 Å². The third kappa shape index (κ3) is 3.22. The second-order valence-corrected chi connectivity index (χ2v) is 4.85. The highest BCUT2D eigenvalue weighted by Gasteiger charge is 2.21. The molecule has 3 nitrogen and oxygen atoms in total. The number of amides is 1. The molecule has 0 saturated carbocycles. The van der Waals surface area contributed by atoms with Crippen molar-refractivity contribution in [3.63, 3.8) is 0 Å².